The number of hydrogen-bond donors (Lipinski definition) is 2. The molecule has 0 bridgehead atoms. The molecule has 1 saturated carbocycles. The predicted octanol–water partition coefficient (Wildman–Crippen LogP) is 1.83. The zero-order chi connectivity index (χ0) is 16.6. The van der Waals surface area contributed by atoms with Crippen molar-refractivity contribution in [3.05, 3.63) is 42.2 Å². The molecule has 2 aromatic rings. The van der Waals surface area contributed by atoms with E-state index >= 15 is 0 Å². The molecule has 1 saturated heterocycles. The van der Waals surface area contributed by atoms with Crippen molar-refractivity contribution >= 4 is 5.91 Å². The van der Waals surface area contributed by atoms with Crippen molar-refractivity contribution in [1.29, 1.82) is 0 Å². The van der Waals surface area contributed by atoms with Crippen LogP contribution in [0.5, 0.6) is 0 Å². The van der Waals surface area contributed by atoms with Gasteiger partial charge in [0.05, 0.1) is 17.9 Å². The normalized spacial score (nSPS) is 23.0. The van der Waals surface area contributed by atoms with Crippen LogP contribution in [-0.2, 0) is 4.79 Å². The fourth-order valence-corrected chi connectivity index (χ4v) is 3.77. The number of nitrogens with zero attached hydrogens (tertiary/aromatic N) is 3. The molecule has 1 aliphatic carbocycles. The van der Waals surface area contributed by atoms with E-state index in [4.69, 9.17) is 0 Å². The lowest BCUT2D eigenvalue weighted by Crippen LogP contribution is -2.34. The third-order valence-corrected chi connectivity index (χ3v) is 5.44. The number of hydrogen-bond acceptors (Lipinski definition) is 4. The van der Waals surface area contributed by atoms with Crippen LogP contribution in [0.2, 0.25) is 0 Å². The summed E-state index contributed by atoms with van der Waals surface area (Å²) in [4.78, 5) is 12.6. The second kappa shape index (κ2) is 6.02. The molecule has 0 radical (unpaired) electrons. The first-order chi connectivity index (χ1) is 11.7. The Kier molecular flexibility index (Phi) is 3.84. The summed E-state index contributed by atoms with van der Waals surface area (Å²) in [6.45, 7) is 4.03. The molecule has 6 nitrogen and oxygen atoms in total. The van der Waals surface area contributed by atoms with Gasteiger partial charge in [0.1, 0.15) is 5.69 Å². The van der Waals surface area contributed by atoms with E-state index < -0.39 is 0 Å². The molecule has 6 heteroatoms. The van der Waals surface area contributed by atoms with Crippen molar-refractivity contribution in [3.8, 4) is 5.69 Å². The van der Waals surface area contributed by atoms with Gasteiger partial charge >= 0.3 is 0 Å². The number of aromatic nitrogens is 3. The first-order valence-corrected chi connectivity index (χ1v) is 8.67. The van der Waals surface area contributed by atoms with Gasteiger partial charge in [-0.25, -0.2) is 4.68 Å². The summed E-state index contributed by atoms with van der Waals surface area (Å²) < 4.78 is 1.74. The highest BCUT2D eigenvalue weighted by Gasteiger charge is 2.57. The molecule has 2 N–H and O–H groups in total. The third kappa shape index (κ3) is 2.82. The highest BCUT2D eigenvalue weighted by Crippen LogP contribution is 2.58. The van der Waals surface area contributed by atoms with Crippen LogP contribution < -0.4 is 10.6 Å². The highest BCUT2D eigenvalue weighted by molar-refractivity contribution is 5.83. The summed E-state index contributed by atoms with van der Waals surface area (Å²) >= 11 is 0. The van der Waals surface area contributed by atoms with Gasteiger partial charge in [-0.05, 0) is 56.8 Å². The zero-order valence-electron chi connectivity index (χ0n) is 13.9. The van der Waals surface area contributed by atoms with E-state index in [-0.39, 0.29) is 23.3 Å². The molecular formula is C18H23N5O. The van der Waals surface area contributed by atoms with Crippen LogP contribution >= 0.6 is 0 Å². The number of amides is 1. The summed E-state index contributed by atoms with van der Waals surface area (Å²) in [5, 5.41) is 14.9. The van der Waals surface area contributed by atoms with Crippen LogP contribution in [0.3, 0.4) is 0 Å². The van der Waals surface area contributed by atoms with Gasteiger partial charge in [-0.1, -0.05) is 23.4 Å². The summed E-state index contributed by atoms with van der Waals surface area (Å²) in [6, 6.07) is 9.73. The van der Waals surface area contributed by atoms with E-state index in [9.17, 15) is 4.79 Å². The lowest BCUT2D eigenvalue weighted by Gasteiger charge is -2.23. The molecule has 1 aliphatic heterocycles. The van der Waals surface area contributed by atoms with Crippen LogP contribution in [-0.4, -0.2) is 34.0 Å². The summed E-state index contributed by atoms with van der Waals surface area (Å²) in [5.74, 6) is 0.338. The summed E-state index contributed by atoms with van der Waals surface area (Å²) in [6.07, 6.45) is 5.14. The molecule has 2 heterocycles. The van der Waals surface area contributed by atoms with Gasteiger partial charge in [-0.3, -0.25) is 4.79 Å². The minimum atomic E-state index is -0.130. The Balaban J connectivity index is 1.39. The number of para-hydroxylation sites is 1. The Hall–Kier alpha value is -2.21. The van der Waals surface area contributed by atoms with Crippen LogP contribution in [0.4, 0.5) is 0 Å². The fourth-order valence-electron chi connectivity index (χ4n) is 3.77. The van der Waals surface area contributed by atoms with Crippen LogP contribution in [0.25, 0.3) is 5.69 Å². The number of carbonyl (C=O) groups excluding carboxylic acids is 1. The van der Waals surface area contributed by atoms with Gasteiger partial charge in [0.25, 0.3) is 0 Å². The summed E-state index contributed by atoms with van der Waals surface area (Å²) in [7, 11) is 0. The predicted molar refractivity (Wildman–Crippen MR) is 90.6 cm³/mol. The van der Waals surface area contributed by atoms with Crippen molar-refractivity contribution in [2.24, 2.45) is 11.3 Å². The second-order valence-corrected chi connectivity index (χ2v) is 7.02. The van der Waals surface area contributed by atoms with Crippen molar-refractivity contribution in [2.75, 3.05) is 13.1 Å². The van der Waals surface area contributed by atoms with Gasteiger partial charge in [0.15, 0.2) is 0 Å². The van der Waals surface area contributed by atoms with E-state index in [1.807, 2.05) is 43.5 Å². The molecule has 1 amide bonds. The smallest absolute Gasteiger partial charge is 0.224 e. The largest absolute Gasteiger partial charge is 0.348 e. The van der Waals surface area contributed by atoms with Gasteiger partial charge < -0.3 is 10.6 Å². The molecule has 4 rings (SSSR count). The van der Waals surface area contributed by atoms with Crippen molar-refractivity contribution in [2.45, 2.75) is 32.2 Å². The second-order valence-electron chi connectivity index (χ2n) is 7.02. The van der Waals surface area contributed by atoms with Crippen molar-refractivity contribution < 1.29 is 4.79 Å². The lowest BCUT2D eigenvalue weighted by molar-refractivity contribution is -0.124. The van der Waals surface area contributed by atoms with Crippen molar-refractivity contribution in [1.82, 2.24) is 25.6 Å². The van der Waals surface area contributed by atoms with Crippen molar-refractivity contribution in [3.63, 3.8) is 0 Å². The molecule has 126 valence electrons. The minimum absolute atomic E-state index is 0.130. The Morgan fingerprint density at radius 3 is 2.83 bits per heavy atom. The third-order valence-electron chi connectivity index (χ3n) is 5.44. The lowest BCUT2D eigenvalue weighted by atomic mass is 9.91. The minimum Gasteiger partial charge on any atom is -0.348 e. The Morgan fingerprint density at radius 1 is 1.33 bits per heavy atom. The SMILES string of the molecule is CC(NC(=O)C1CC12CCNCC2)c1cn(-c2ccccc2)nn1. The maximum atomic E-state index is 12.6. The van der Waals surface area contributed by atoms with Crippen LogP contribution in [0.1, 0.15) is 37.9 Å². The number of carbonyl (C=O) groups is 1. The average Bonchev–Trinajstić information content (AvgIpc) is 3.08. The Morgan fingerprint density at radius 2 is 2.08 bits per heavy atom. The van der Waals surface area contributed by atoms with E-state index in [0.29, 0.717) is 0 Å². The monoisotopic (exact) mass is 325 g/mol. The Bertz CT molecular complexity index is 720. The number of rotatable bonds is 4. The highest BCUT2D eigenvalue weighted by atomic mass is 16.2. The van der Waals surface area contributed by atoms with Crippen LogP contribution in [0.15, 0.2) is 36.5 Å². The molecule has 1 aromatic heterocycles. The molecule has 2 atom stereocenters. The van der Waals surface area contributed by atoms with Gasteiger partial charge in [-0.2, -0.15) is 0 Å². The number of nitrogens with one attached hydrogen (secondary N) is 2. The molecule has 2 unspecified atom stereocenters. The number of piperidine rings is 1. The maximum absolute atomic E-state index is 12.6. The molecular weight excluding hydrogens is 302 g/mol. The first kappa shape index (κ1) is 15.3. The molecule has 2 aliphatic rings. The number of benzene rings is 1. The first-order valence-electron chi connectivity index (χ1n) is 8.67. The molecule has 2 fully saturated rings. The topological polar surface area (TPSA) is 71.8 Å². The van der Waals surface area contributed by atoms with Gasteiger partial charge in [-0.15, -0.1) is 5.10 Å². The van der Waals surface area contributed by atoms with Gasteiger partial charge in [0, 0.05) is 5.92 Å². The van der Waals surface area contributed by atoms with E-state index in [2.05, 4.69) is 20.9 Å². The molecule has 24 heavy (non-hydrogen) atoms. The molecule has 1 aromatic carbocycles. The quantitative estimate of drug-likeness (QED) is 0.900. The Labute approximate surface area is 141 Å². The van der Waals surface area contributed by atoms with E-state index in [1.165, 1.54) is 0 Å². The fraction of sp³-hybridized carbons (Fsp3) is 0.500. The average molecular weight is 325 g/mol. The molecule has 1 spiro atoms. The maximum Gasteiger partial charge on any atom is 0.224 e. The zero-order valence-corrected chi connectivity index (χ0v) is 13.9. The van der Waals surface area contributed by atoms with E-state index in [0.717, 1.165) is 43.7 Å². The van der Waals surface area contributed by atoms with E-state index in [1.54, 1.807) is 4.68 Å². The van der Waals surface area contributed by atoms with Gasteiger partial charge in [0.2, 0.25) is 5.91 Å². The standard InChI is InChI=1S/C18H23N5O/c1-13(16-12-23(22-21-16)14-5-3-2-4-6-14)20-17(24)15-11-18(15)7-9-19-10-8-18/h2-6,12-13,15,19H,7-11H2,1H3,(H,20,24). The summed E-state index contributed by atoms with van der Waals surface area (Å²) in [5.41, 5.74) is 2.01. The van der Waals surface area contributed by atoms with Crippen LogP contribution in [0, 0.1) is 11.3 Å².